The average Bonchev–Trinajstić information content (AvgIpc) is 2.78. The molecule has 0 unspecified atom stereocenters. The van der Waals surface area contributed by atoms with E-state index in [-0.39, 0.29) is 27.6 Å². The molecule has 168 valence electrons. The molecule has 0 saturated carbocycles. The molecule has 0 spiro atoms. The molecule has 9 heteroatoms. The largest absolute Gasteiger partial charge is 0.398 e. The molecule has 0 radical (unpaired) electrons. The van der Waals surface area contributed by atoms with E-state index in [0.29, 0.717) is 12.8 Å². The van der Waals surface area contributed by atoms with Crippen LogP contribution in [0.15, 0.2) is 82.6 Å². The molecule has 3 rings (SSSR count). The Morgan fingerprint density at radius 3 is 2.22 bits per heavy atom. The normalized spacial score (nSPS) is 11.9. The van der Waals surface area contributed by atoms with Gasteiger partial charge in [0.05, 0.1) is 16.4 Å². The van der Waals surface area contributed by atoms with Gasteiger partial charge in [0, 0.05) is 11.3 Å². The number of hydrogen-bond acceptors (Lipinski definition) is 7. The van der Waals surface area contributed by atoms with Crippen LogP contribution in [0.4, 0.5) is 5.69 Å². The molecule has 3 aromatic carbocycles. The lowest BCUT2D eigenvalue weighted by atomic mass is 10.1. The number of rotatable bonds is 8. The topological polar surface area (TPSA) is 127 Å². The van der Waals surface area contributed by atoms with E-state index in [4.69, 9.17) is 15.3 Å². The number of aryl methyl sites for hydroxylation is 2. The van der Waals surface area contributed by atoms with Crippen LogP contribution in [0, 0.1) is 12.3 Å². The summed E-state index contributed by atoms with van der Waals surface area (Å²) in [6.45, 7) is 1.83. The molecular weight excluding hydrogens is 448 g/mol. The molecule has 7 nitrogen and oxygen atoms in total. The summed E-state index contributed by atoms with van der Waals surface area (Å²) in [6, 6.07) is 18.9. The highest BCUT2D eigenvalue weighted by atomic mass is 32.2. The van der Waals surface area contributed by atoms with Crippen molar-refractivity contribution in [2.45, 2.75) is 29.6 Å². The van der Waals surface area contributed by atoms with E-state index in [0.717, 1.165) is 11.1 Å². The monoisotopic (exact) mass is 472 g/mol. The Labute approximate surface area is 188 Å². The van der Waals surface area contributed by atoms with Crippen LogP contribution < -0.4 is 5.73 Å². The third kappa shape index (κ3) is 5.42. The predicted molar refractivity (Wildman–Crippen MR) is 124 cm³/mol. The Bertz CT molecular complexity index is 1320. The fourth-order valence-corrected chi connectivity index (χ4v) is 5.20. The minimum Gasteiger partial charge on any atom is -0.398 e. The van der Waals surface area contributed by atoms with E-state index in [1.807, 2.05) is 6.92 Å². The summed E-state index contributed by atoms with van der Waals surface area (Å²) in [5.74, 6) is 0. The van der Waals surface area contributed by atoms with Gasteiger partial charge in [-0.15, -0.1) is 0 Å². The van der Waals surface area contributed by atoms with Crippen molar-refractivity contribution < 1.29 is 21.0 Å². The van der Waals surface area contributed by atoms with E-state index < -0.39 is 25.0 Å². The van der Waals surface area contributed by atoms with Crippen molar-refractivity contribution in [3.63, 3.8) is 0 Å². The predicted octanol–water partition coefficient (Wildman–Crippen LogP) is 3.71. The van der Waals surface area contributed by atoms with E-state index in [2.05, 4.69) is 0 Å². The summed E-state index contributed by atoms with van der Waals surface area (Å²) in [4.78, 5) is 0.113. The summed E-state index contributed by atoms with van der Waals surface area (Å²) in [6.07, 6.45) is 0.808. The van der Waals surface area contributed by atoms with Crippen molar-refractivity contribution in [2.75, 3.05) is 12.3 Å². The van der Waals surface area contributed by atoms with Gasteiger partial charge in [-0.2, -0.15) is 8.42 Å². The second-order valence-corrected chi connectivity index (χ2v) is 10.8. The van der Waals surface area contributed by atoms with Crippen LogP contribution in [0.5, 0.6) is 0 Å². The molecule has 0 atom stereocenters. The highest BCUT2D eigenvalue weighted by molar-refractivity contribution is 8.06. The smallest absolute Gasteiger partial charge is 0.296 e. The maximum atomic E-state index is 12.8. The van der Waals surface area contributed by atoms with Gasteiger partial charge in [-0.3, -0.25) is 9.59 Å². The summed E-state index contributed by atoms with van der Waals surface area (Å²) in [5.41, 5.74) is 7.90. The lowest BCUT2D eigenvalue weighted by Crippen LogP contribution is -2.17. The summed E-state index contributed by atoms with van der Waals surface area (Å²) in [5, 5.41) is 7.66. The first-order valence-corrected chi connectivity index (χ1v) is 12.7. The quantitative estimate of drug-likeness (QED) is 0.169. The number of sulfone groups is 1. The Kier molecular flexibility index (Phi) is 7.12. The minimum absolute atomic E-state index is 0.0181. The molecule has 0 aromatic heterocycles. The Morgan fingerprint density at radius 2 is 1.56 bits per heavy atom. The number of anilines is 1. The lowest BCUT2D eigenvalue weighted by molar-refractivity contribution is 0.312. The van der Waals surface area contributed by atoms with Gasteiger partial charge in [0.15, 0.2) is 5.04 Å². The Balaban J connectivity index is 1.67. The van der Waals surface area contributed by atoms with Crippen LogP contribution in [0.25, 0.3) is 0 Å². The van der Waals surface area contributed by atoms with E-state index in [1.165, 1.54) is 24.3 Å². The lowest BCUT2D eigenvalue weighted by Gasteiger charge is -2.11. The van der Waals surface area contributed by atoms with Gasteiger partial charge < -0.3 is 5.73 Å². The number of nitrogens with two attached hydrogens (primary N) is 1. The zero-order chi connectivity index (χ0) is 23.4. The van der Waals surface area contributed by atoms with Crippen molar-refractivity contribution in [2.24, 2.45) is 0 Å². The van der Waals surface area contributed by atoms with Crippen LogP contribution in [-0.4, -0.2) is 28.5 Å². The highest BCUT2D eigenvalue weighted by Crippen LogP contribution is 2.22. The van der Waals surface area contributed by atoms with Crippen LogP contribution in [-0.2, 0) is 30.6 Å². The molecule has 0 aliphatic heterocycles. The molecule has 0 heterocycles. The van der Waals surface area contributed by atoms with Crippen LogP contribution in [0.1, 0.15) is 23.1 Å². The summed E-state index contributed by atoms with van der Waals surface area (Å²) in [7, 11) is -7.85. The maximum absolute atomic E-state index is 12.8. The highest BCUT2D eigenvalue weighted by Gasteiger charge is 2.24. The molecule has 3 aromatic rings. The SMILES string of the molecule is Cc1ccc(S(=O)(=O)OCCCc2ccc(N)c(C(=N)S(=O)(=O)c3ccccc3)c2)cc1. The van der Waals surface area contributed by atoms with E-state index >= 15 is 0 Å². The third-order valence-corrected chi connectivity index (χ3v) is 7.82. The molecule has 32 heavy (non-hydrogen) atoms. The standard InChI is InChI=1S/C23H24N2O5S2/c1-17-9-12-20(13-10-17)32(28,29)30-15-5-6-18-11-14-22(24)21(16-18)23(25)31(26,27)19-7-3-2-4-8-19/h2-4,7-14,16,25H,5-6,15,24H2,1H3. The fourth-order valence-electron chi connectivity index (χ4n) is 3.04. The van der Waals surface area contributed by atoms with E-state index in [9.17, 15) is 16.8 Å². The summed E-state index contributed by atoms with van der Waals surface area (Å²) < 4.78 is 55.1. The van der Waals surface area contributed by atoms with Crippen molar-refractivity contribution >= 4 is 30.7 Å². The van der Waals surface area contributed by atoms with Gasteiger partial charge in [0.2, 0.25) is 9.84 Å². The van der Waals surface area contributed by atoms with Gasteiger partial charge in [0.1, 0.15) is 0 Å². The fraction of sp³-hybridized carbons (Fsp3) is 0.174. The van der Waals surface area contributed by atoms with Gasteiger partial charge in [0.25, 0.3) is 10.1 Å². The minimum atomic E-state index is -4.01. The second-order valence-electron chi connectivity index (χ2n) is 7.26. The van der Waals surface area contributed by atoms with Crippen molar-refractivity contribution in [3.05, 3.63) is 89.5 Å². The Hall–Kier alpha value is -3.01. The van der Waals surface area contributed by atoms with Gasteiger partial charge in [-0.05, 0) is 61.7 Å². The molecule has 0 amide bonds. The Morgan fingerprint density at radius 1 is 0.906 bits per heavy atom. The van der Waals surface area contributed by atoms with Crippen LogP contribution >= 0.6 is 0 Å². The molecule has 0 fully saturated rings. The molecule has 3 N–H and O–H groups in total. The van der Waals surface area contributed by atoms with Gasteiger partial charge >= 0.3 is 0 Å². The van der Waals surface area contributed by atoms with Crippen molar-refractivity contribution in [1.82, 2.24) is 0 Å². The molecule has 0 bridgehead atoms. The maximum Gasteiger partial charge on any atom is 0.296 e. The first-order valence-electron chi connectivity index (χ1n) is 9.85. The molecule has 0 saturated heterocycles. The number of nitrogen functional groups attached to an aromatic ring is 1. The third-order valence-electron chi connectivity index (χ3n) is 4.84. The summed E-state index contributed by atoms with van der Waals surface area (Å²) >= 11 is 0. The second kappa shape index (κ2) is 9.64. The van der Waals surface area contributed by atoms with Gasteiger partial charge in [-0.1, -0.05) is 42.0 Å². The molecule has 0 aliphatic carbocycles. The van der Waals surface area contributed by atoms with Crippen molar-refractivity contribution in [1.29, 1.82) is 5.41 Å². The molecular formula is C23H24N2O5S2. The molecule has 0 aliphatic rings. The zero-order valence-corrected chi connectivity index (χ0v) is 19.1. The number of hydrogen-bond donors (Lipinski definition) is 2. The zero-order valence-electron chi connectivity index (χ0n) is 17.5. The van der Waals surface area contributed by atoms with Crippen LogP contribution in [0.2, 0.25) is 0 Å². The van der Waals surface area contributed by atoms with E-state index in [1.54, 1.807) is 48.5 Å². The van der Waals surface area contributed by atoms with Crippen LogP contribution in [0.3, 0.4) is 0 Å². The first kappa shape index (κ1) is 23.6. The van der Waals surface area contributed by atoms with Crippen molar-refractivity contribution in [3.8, 4) is 0 Å². The first-order chi connectivity index (χ1) is 15.1. The average molecular weight is 473 g/mol. The van der Waals surface area contributed by atoms with Gasteiger partial charge in [-0.25, -0.2) is 8.42 Å². The number of benzene rings is 3. The number of nitrogens with one attached hydrogen (secondary N) is 1.